The van der Waals surface area contributed by atoms with Crippen LogP contribution in [0.5, 0.6) is 5.75 Å². The van der Waals surface area contributed by atoms with Gasteiger partial charge in [0.15, 0.2) is 11.8 Å². The number of benzene rings is 1. The molecule has 0 spiro atoms. The molecule has 0 aliphatic rings. The zero-order chi connectivity index (χ0) is 21.2. The first kappa shape index (κ1) is 22.7. The monoisotopic (exact) mass is 401 g/mol. The number of aromatic nitrogens is 3. The highest BCUT2D eigenvalue weighted by molar-refractivity contribution is 5.79. The number of aromatic amines is 1. The van der Waals surface area contributed by atoms with E-state index in [2.05, 4.69) is 63.4 Å². The molecule has 0 amide bonds. The van der Waals surface area contributed by atoms with Gasteiger partial charge in [-0.3, -0.25) is 15.0 Å². The van der Waals surface area contributed by atoms with E-state index in [1.54, 1.807) is 14.2 Å². The van der Waals surface area contributed by atoms with Gasteiger partial charge in [0.05, 0.1) is 13.7 Å². The Morgan fingerprint density at radius 1 is 1.14 bits per heavy atom. The molecule has 0 unspecified atom stereocenters. The Labute approximate surface area is 174 Å². The SMILES string of the molecule is CN=C(NCCCN(C(C)C)C(C)C)NCc1nc(-c2ccc(OC)cc2)n[nH]1. The second-order valence-corrected chi connectivity index (χ2v) is 7.47. The Morgan fingerprint density at radius 2 is 1.83 bits per heavy atom. The average Bonchev–Trinajstić information content (AvgIpc) is 3.18. The number of guanidine groups is 1. The molecule has 0 fully saturated rings. The van der Waals surface area contributed by atoms with E-state index in [9.17, 15) is 0 Å². The lowest BCUT2D eigenvalue weighted by atomic mass is 10.2. The van der Waals surface area contributed by atoms with Crippen molar-refractivity contribution >= 4 is 5.96 Å². The highest BCUT2D eigenvalue weighted by Crippen LogP contribution is 2.18. The number of hydrogen-bond acceptors (Lipinski definition) is 5. The van der Waals surface area contributed by atoms with E-state index in [-0.39, 0.29) is 0 Å². The second-order valence-electron chi connectivity index (χ2n) is 7.47. The van der Waals surface area contributed by atoms with E-state index in [0.29, 0.717) is 24.5 Å². The van der Waals surface area contributed by atoms with Crippen LogP contribution in [0.1, 0.15) is 39.9 Å². The predicted molar refractivity (Wildman–Crippen MR) is 118 cm³/mol. The third-order valence-corrected chi connectivity index (χ3v) is 4.74. The summed E-state index contributed by atoms with van der Waals surface area (Å²) >= 11 is 0. The molecule has 1 aromatic carbocycles. The molecule has 0 radical (unpaired) electrons. The maximum Gasteiger partial charge on any atom is 0.191 e. The minimum atomic E-state index is 0.521. The molecule has 0 atom stereocenters. The lowest BCUT2D eigenvalue weighted by molar-refractivity contribution is 0.173. The molecule has 2 rings (SSSR count). The predicted octanol–water partition coefficient (Wildman–Crippen LogP) is 2.65. The van der Waals surface area contributed by atoms with Gasteiger partial charge in [0.1, 0.15) is 11.6 Å². The van der Waals surface area contributed by atoms with Crippen LogP contribution >= 0.6 is 0 Å². The van der Waals surface area contributed by atoms with Crippen molar-refractivity contribution in [1.82, 2.24) is 30.7 Å². The zero-order valence-electron chi connectivity index (χ0n) is 18.5. The zero-order valence-corrected chi connectivity index (χ0v) is 18.5. The maximum absolute atomic E-state index is 5.18. The van der Waals surface area contributed by atoms with Crippen LogP contribution in [0.3, 0.4) is 0 Å². The third kappa shape index (κ3) is 7.05. The molecular formula is C21H35N7O. The Bertz CT molecular complexity index is 745. The van der Waals surface area contributed by atoms with Gasteiger partial charge >= 0.3 is 0 Å². The molecule has 0 bridgehead atoms. The fraction of sp³-hybridized carbons (Fsp3) is 0.571. The van der Waals surface area contributed by atoms with E-state index in [0.717, 1.165) is 42.6 Å². The van der Waals surface area contributed by atoms with Crippen LogP contribution in [0.2, 0.25) is 0 Å². The lowest BCUT2D eigenvalue weighted by Crippen LogP contribution is -2.41. The Balaban J connectivity index is 1.78. The van der Waals surface area contributed by atoms with Crippen molar-refractivity contribution in [1.29, 1.82) is 0 Å². The third-order valence-electron chi connectivity index (χ3n) is 4.74. The second kappa shape index (κ2) is 11.4. The van der Waals surface area contributed by atoms with Crippen LogP contribution in [0, 0.1) is 0 Å². The van der Waals surface area contributed by atoms with Crippen LogP contribution in [0.15, 0.2) is 29.3 Å². The fourth-order valence-corrected chi connectivity index (χ4v) is 3.21. The van der Waals surface area contributed by atoms with E-state index in [1.165, 1.54) is 0 Å². The molecule has 8 nitrogen and oxygen atoms in total. The molecule has 29 heavy (non-hydrogen) atoms. The molecule has 0 aliphatic carbocycles. The molecule has 2 aromatic rings. The number of rotatable bonds is 10. The highest BCUT2D eigenvalue weighted by atomic mass is 16.5. The van der Waals surface area contributed by atoms with Gasteiger partial charge in [-0.05, 0) is 58.4 Å². The normalized spacial score (nSPS) is 12.1. The summed E-state index contributed by atoms with van der Waals surface area (Å²) in [7, 11) is 3.42. The van der Waals surface area contributed by atoms with Gasteiger partial charge in [-0.25, -0.2) is 4.98 Å². The van der Waals surface area contributed by atoms with E-state index in [1.807, 2.05) is 24.3 Å². The summed E-state index contributed by atoms with van der Waals surface area (Å²) in [5, 5.41) is 13.9. The summed E-state index contributed by atoms with van der Waals surface area (Å²) in [5.74, 6) is 2.98. The number of aliphatic imine (C=N–C) groups is 1. The van der Waals surface area contributed by atoms with Crippen LogP contribution in [-0.2, 0) is 6.54 Å². The number of methoxy groups -OCH3 is 1. The van der Waals surface area contributed by atoms with Crippen LogP contribution in [0.4, 0.5) is 0 Å². The molecule has 1 heterocycles. The van der Waals surface area contributed by atoms with Gasteiger partial charge in [0.2, 0.25) is 0 Å². The first-order valence-electron chi connectivity index (χ1n) is 10.2. The maximum atomic E-state index is 5.18. The van der Waals surface area contributed by atoms with E-state index < -0.39 is 0 Å². The summed E-state index contributed by atoms with van der Waals surface area (Å²) in [6.07, 6.45) is 1.06. The summed E-state index contributed by atoms with van der Waals surface area (Å²) in [5.41, 5.74) is 0.940. The molecular weight excluding hydrogens is 366 g/mol. The Kier molecular flexibility index (Phi) is 8.92. The molecule has 3 N–H and O–H groups in total. The van der Waals surface area contributed by atoms with Crippen molar-refractivity contribution in [2.45, 2.75) is 52.7 Å². The van der Waals surface area contributed by atoms with Gasteiger partial charge in [0.25, 0.3) is 0 Å². The Hall–Kier alpha value is -2.61. The number of ether oxygens (including phenoxy) is 1. The van der Waals surface area contributed by atoms with E-state index >= 15 is 0 Å². The number of nitrogens with one attached hydrogen (secondary N) is 3. The van der Waals surface area contributed by atoms with E-state index in [4.69, 9.17) is 4.74 Å². The average molecular weight is 402 g/mol. The molecule has 0 saturated heterocycles. The van der Waals surface area contributed by atoms with Crippen molar-refractivity contribution in [3.8, 4) is 17.1 Å². The molecule has 0 saturated carbocycles. The quantitative estimate of drug-likeness (QED) is 0.322. The molecule has 160 valence electrons. The lowest BCUT2D eigenvalue weighted by Gasteiger charge is -2.30. The van der Waals surface area contributed by atoms with Crippen molar-refractivity contribution in [3.05, 3.63) is 30.1 Å². The van der Waals surface area contributed by atoms with Gasteiger partial charge in [-0.2, -0.15) is 5.10 Å². The highest BCUT2D eigenvalue weighted by Gasteiger charge is 2.12. The minimum absolute atomic E-state index is 0.521. The van der Waals surface area contributed by atoms with Crippen LogP contribution < -0.4 is 15.4 Å². The molecule has 8 heteroatoms. The minimum Gasteiger partial charge on any atom is -0.497 e. The van der Waals surface area contributed by atoms with Crippen LogP contribution in [0.25, 0.3) is 11.4 Å². The van der Waals surface area contributed by atoms with Gasteiger partial charge < -0.3 is 15.4 Å². The van der Waals surface area contributed by atoms with Gasteiger partial charge in [0, 0.05) is 37.8 Å². The first-order chi connectivity index (χ1) is 13.9. The van der Waals surface area contributed by atoms with Crippen molar-refractivity contribution in [2.75, 3.05) is 27.2 Å². The van der Waals surface area contributed by atoms with Crippen molar-refractivity contribution in [3.63, 3.8) is 0 Å². The number of nitrogens with zero attached hydrogens (tertiary/aromatic N) is 4. The summed E-state index contributed by atoms with van der Waals surface area (Å²) in [4.78, 5) is 11.3. The number of H-pyrrole nitrogens is 1. The first-order valence-corrected chi connectivity index (χ1v) is 10.2. The Morgan fingerprint density at radius 3 is 2.41 bits per heavy atom. The summed E-state index contributed by atoms with van der Waals surface area (Å²) in [6.45, 7) is 11.4. The number of hydrogen-bond donors (Lipinski definition) is 3. The van der Waals surface area contributed by atoms with Gasteiger partial charge in [-0.1, -0.05) is 0 Å². The topological polar surface area (TPSA) is 90.5 Å². The molecule has 0 aliphatic heterocycles. The standard InChI is InChI=1S/C21H35N7O/c1-15(2)28(16(3)4)13-7-12-23-21(22-5)24-14-19-25-20(27-26-19)17-8-10-18(29-6)11-9-17/h8-11,15-16H,7,12-14H2,1-6H3,(H2,22,23,24)(H,25,26,27). The summed E-state index contributed by atoms with van der Waals surface area (Å²) in [6, 6.07) is 8.79. The van der Waals surface area contributed by atoms with Crippen molar-refractivity contribution in [2.24, 2.45) is 4.99 Å². The largest absolute Gasteiger partial charge is 0.497 e. The fourth-order valence-electron chi connectivity index (χ4n) is 3.21. The van der Waals surface area contributed by atoms with Crippen LogP contribution in [-0.4, -0.2) is 65.4 Å². The summed E-state index contributed by atoms with van der Waals surface area (Å²) < 4.78 is 5.18. The van der Waals surface area contributed by atoms with Crippen molar-refractivity contribution < 1.29 is 4.74 Å². The van der Waals surface area contributed by atoms with Gasteiger partial charge in [-0.15, -0.1) is 0 Å². The molecule has 1 aromatic heterocycles. The smallest absolute Gasteiger partial charge is 0.191 e.